The zero-order valence-electron chi connectivity index (χ0n) is 12.9. The fraction of sp³-hybridized carbons (Fsp3) is 0.467. The SMILES string of the molecule is CC(C)CNC(=O)NC(=O)CN[C@H](C)c1ccc(Cl)cc1Cl. The van der Waals surface area contributed by atoms with E-state index in [-0.39, 0.29) is 12.6 Å². The first kappa shape index (κ1) is 18.7. The molecule has 7 heteroatoms. The summed E-state index contributed by atoms with van der Waals surface area (Å²) >= 11 is 12.0. The maximum atomic E-state index is 11.7. The molecule has 122 valence electrons. The van der Waals surface area contributed by atoms with Gasteiger partial charge in [-0.05, 0) is 30.5 Å². The van der Waals surface area contributed by atoms with Crippen LogP contribution in [0.2, 0.25) is 10.0 Å². The number of rotatable bonds is 6. The van der Waals surface area contributed by atoms with Gasteiger partial charge in [-0.3, -0.25) is 10.1 Å². The Bertz CT molecular complexity index is 536. The van der Waals surface area contributed by atoms with Gasteiger partial charge in [0, 0.05) is 22.6 Å². The molecule has 0 unspecified atom stereocenters. The monoisotopic (exact) mass is 345 g/mol. The zero-order chi connectivity index (χ0) is 16.7. The van der Waals surface area contributed by atoms with E-state index in [9.17, 15) is 9.59 Å². The number of amides is 3. The molecule has 0 fully saturated rings. The van der Waals surface area contributed by atoms with Crippen LogP contribution in [0.1, 0.15) is 32.4 Å². The average molecular weight is 346 g/mol. The van der Waals surface area contributed by atoms with E-state index in [4.69, 9.17) is 23.2 Å². The van der Waals surface area contributed by atoms with Gasteiger partial charge in [-0.2, -0.15) is 0 Å². The van der Waals surface area contributed by atoms with E-state index in [0.29, 0.717) is 22.5 Å². The fourth-order valence-electron chi connectivity index (χ4n) is 1.72. The summed E-state index contributed by atoms with van der Waals surface area (Å²) in [6, 6.07) is 4.55. The van der Waals surface area contributed by atoms with E-state index in [1.165, 1.54) is 0 Å². The van der Waals surface area contributed by atoms with E-state index < -0.39 is 11.9 Å². The highest BCUT2D eigenvalue weighted by Crippen LogP contribution is 2.25. The van der Waals surface area contributed by atoms with Gasteiger partial charge in [0.25, 0.3) is 0 Å². The Morgan fingerprint density at radius 2 is 1.86 bits per heavy atom. The molecule has 0 radical (unpaired) electrons. The number of benzene rings is 1. The van der Waals surface area contributed by atoms with Crippen LogP contribution in [0.4, 0.5) is 4.79 Å². The van der Waals surface area contributed by atoms with Crippen molar-refractivity contribution < 1.29 is 9.59 Å². The molecule has 0 saturated carbocycles. The van der Waals surface area contributed by atoms with Crippen molar-refractivity contribution in [1.29, 1.82) is 0 Å². The van der Waals surface area contributed by atoms with Crippen LogP contribution < -0.4 is 16.0 Å². The van der Waals surface area contributed by atoms with Crippen molar-refractivity contribution in [3.63, 3.8) is 0 Å². The van der Waals surface area contributed by atoms with Crippen LogP contribution in [0.15, 0.2) is 18.2 Å². The molecule has 0 aliphatic carbocycles. The van der Waals surface area contributed by atoms with E-state index in [1.807, 2.05) is 20.8 Å². The Hall–Kier alpha value is -1.30. The summed E-state index contributed by atoms with van der Waals surface area (Å²) in [5.74, 6) is -0.0794. The molecule has 0 saturated heterocycles. The lowest BCUT2D eigenvalue weighted by atomic mass is 10.1. The maximum absolute atomic E-state index is 11.7. The van der Waals surface area contributed by atoms with Crippen LogP contribution in [-0.2, 0) is 4.79 Å². The van der Waals surface area contributed by atoms with E-state index >= 15 is 0 Å². The van der Waals surface area contributed by atoms with Crippen molar-refractivity contribution in [3.05, 3.63) is 33.8 Å². The summed E-state index contributed by atoms with van der Waals surface area (Å²) in [6.45, 7) is 6.35. The third-order valence-electron chi connectivity index (χ3n) is 2.92. The first-order valence-corrected chi connectivity index (χ1v) is 7.81. The van der Waals surface area contributed by atoms with Crippen molar-refractivity contribution >= 4 is 35.1 Å². The summed E-state index contributed by atoms with van der Waals surface area (Å²) in [7, 11) is 0. The number of halogens is 2. The molecule has 0 heterocycles. The maximum Gasteiger partial charge on any atom is 0.321 e. The summed E-state index contributed by atoms with van der Waals surface area (Å²) in [5, 5.41) is 8.97. The first-order chi connectivity index (χ1) is 10.3. The molecule has 0 bridgehead atoms. The Balaban J connectivity index is 2.41. The number of nitrogens with one attached hydrogen (secondary N) is 3. The summed E-state index contributed by atoms with van der Waals surface area (Å²) in [4.78, 5) is 23.1. The van der Waals surface area contributed by atoms with Gasteiger partial charge in [0.15, 0.2) is 0 Å². The third kappa shape index (κ3) is 6.64. The molecule has 1 aromatic carbocycles. The van der Waals surface area contributed by atoms with Crippen LogP contribution in [0.5, 0.6) is 0 Å². The number of carbonyl (C=O) groups excluding carboxylic acids is 2. The standard InChI is InChI=1S/C15H21Cl2N3O2/c1-9(2)7-19-15(22)20-14(21)8-18-10(3)12-5-4-11(16)6-13(12)17/h4-6,9-10,18H,7-8H2,1-3H3,(H2,19,20,21,22)/t10-/m1/s1. The molecule has 1 rings (SSSR count). The third-order valence-corrected chi connectivity index (χ3v) is 3.48. The number of hydrogen-bond acceptors (Lipinski definition) is 3. The normalized spacial score (nSPS) is 12.1. The molecule has 0 aliphatic heterocycles. The predicted octanol–water partition coefficient (Wildman–Crippen LogP) is 3.13. The number of hydrogen-bond donors (Lipinski definition) is 3. The van der Waals surface area contributed by atoms with Gasteiger partial charge in [-0.1, -0.05) is 43.1 Å². The lowest BCUT2D eigenvalue weighted by molar-refractivity contribution is -0.119. The largest absolute Gasteiger partial charge is 0.338 e. The minimum atomic E-state index is -0.488. The second-order valence-corrected chi connectivity index (χ2v) is 6.26. The minimum absolute atomic E-state index is 0.00915. The van der Waals surface area contributed by atoms with Crippen LogP contribution in [0.3, 0.4) is 0 Å². The van der Waals surface area contributed by atoms with Crippen molar-refractivity contribution in [2.45, 2.75) is 26.8 Å². The van der Waals surface area contributed by atoms with Crippen LogP contribution in [0.25, 0.3) is 0 Å². The van der Waals surface area contributed by atoms with Crippen molar-refractivity contribution in [1.82, 2.24) is 16.0 Å². The van der Waals surface area contributed by atoms with E-state index in [2.05, 4.69) is 16.0 Å². The summed E-state index contributed by atoms with van der Waals surface area (Å²) in [5.41, 5.74) is 0.836. The number of carbonyl (C=O) groups is 2. The molecule has 22 heavy (non-hydrogen) atoms. The number of imide groups is 1. The predicted molar refractivity (Wildman–Crippen MR) is 89.3 cm³/mol. The average Bonchev–Trinajstić information content (AvgIpc) is 2.42. The highest BCUT2D eigenvalue weighted by molar-refractivity contribution is 6.35. The molecule has 0 aromatic heterocycles. The molecule has 3 N–H and O–H groups in total. The smallest absolute Gasteiger partial charge is 0.321 e. The molecule has 1 aromatic rings. The molecular weight excluding hydrogens is 325 g/mol. The first-order valence-electron chi connectivity index (χ1n) is 7.05. The van der Waals surface area contributed by atoms with Crippen LogP contribution >= 0.6 is 23.2 Å². The van der Waals surface area contributed by atoms with Crippen molar-refractivity contribution in [2.24, 2.45) is 5.92 Å². The van der Waals surface area contributed by atoms with E-state index in [1.54, 1.807) is 18.2 Å². The minimum Gasteiger partial charge on any atom is -0.338 e. The molecule has 3 amide bonds. The quantitative estimate of drug-likeness (QED) is 0.741. The molecule has 5 nitrogen and oxygen atoms in total. The van der Waals surface area contributed by atoms with Crippen LogP contribution in [-0.4, -0.2) is 25.0 Å². The second kappa shape index (κ2) is 8.98. The topological polar surface area (TPSA) is 70.2 Å². The van der Waals surface area contributed by atoms with E-state index in [0.717, 1.165) is 5.56 Å². The van der Waals surface area contributed by atoms with Gasteiger partial charge in [0.05, 0.1) is 6.54 Å². The lowest BCUT2D eigenvalue weighted by Gasteiger charge is -2.16. The second-order valence-electron chi connectivity index (χ2n) is 5.42. The summed E-state index contributed by atoms with van der Waals surface area (Å²) < 4.78 is 0. The lowest BCUT2D eigenvalue weighted by Crippen LogP contribution is -2.44. The van der Waals surface area contributed by atoms with Crippen molar-refractivity contribution in [2.75, 3.05) is 13.1 Å². The van der Waals surface area contributed by atoms with Gasteiger partial charge >= 0.3 is 6.03 Å². The number of urea groups is 1. The highest BCUT2D eigenvalue weighted by atomic mass is 35.5. The Morgan fingerprint density at radius 3 is 2.45 bits per heavy atom. The molecular formula is C15H21Cl2N3O2. The zero-order valence-corrected chi connectivity index (χ0v) is 14.4. The van der Waals surface area contributed by atoms with Gasteiger partial charge < -0.3 is 10.6 Å². The fourth-order valence-corrected chi connectivity index (χ4v) is 2.29. The van der Waals surface area contributed by atoms with Gasteiger partial charge in [0.1, 0.15) is 0 Å². The highest BCUT2D eigenvalue weighted by Gasteiger charge is 2.13. The summed E-state index contributed by atoms with van der Waals surface area (Å²) in [6.07, 6.45) is 0. The Kier molecular flexibility index (Phi) is 7.65. The Labute approximate surface area is 140 Å². The van der Waals surface area contributed by atoms with Crippen molar-refractivity contribution in [3.8, 4) is 0 Å². The molecule has 1 atom stereocenters. The Morgan fingerprint density at radius 1 is 1.18 bits per heavy atom. The van der Waals surface area contributed by atoms with Crippen LogP contribution in [0, 0.1) is 5.92 Å². The van der Waals surface area contributed by atoms with Gasteiger partial charge in [-0.25, -0.2) is 4.79 Å². The van der Waals surface area contributed by atoms with Gasteiger partial charge in [0.2, 0.25) is 5.91 Å². The molecule has 0 aliphatic rings. The molecule has 0 spiro atoms. The van der Waals surface area contributed by atoms with Gasteiger partial charge in [-0.15, -0.1) is 0 Å².